The maximum atomic E-state index is 12.9. The monoisotopic (exact) mass is 328 g/mol. The fourth-order valence-corrected chi connectivity index (χ4v) is 3.15. The molecular formula is C19H25FN4. The number of aryl methyl sites for hydroxylation is 1. The van der Waals surface area contributed by atoms with Gasteiger partial charge in [-0.3, -0.25) is 0 Å². The maximum absolute atomic E-state index is 12.9. The van der Waals surface area contributed by atoms with Gasteiger partial charge in [-0.15, -0.1) is 0 Å². The van der Waals surface area contributed by atoms with Crippen molar-refractivity contribution in [2.75, 3.05) is 17.2 Å². The van der Waals surface area contributed by atoms with Crippen LogP contribution in [0.5, 0.6) is 0 Å². The zero-order valence-electron chi connectivity index (χ0n) is 14.2. The van der Waals surface area contributed by atoms with E-state index < -0.39 is 0 Å². The lowest BCUT2D eigenvalue weighted by molar-refractivity contribution is 0.462. The molecule has 0 amide bonds. The molecule has 1 aliphatic rings. The van der Waals surface area contributed by atoms with E-state index in [0.29, 0.717) is 12.0 Å². The van der Waals surface area contributed by atoms with Gasteiger partial charge in [0.2, 0.25) is 5.95 Å². The highest BCUT2D eigenvalue weighted by Gasteiger charge is 2.14. The third-order valence-electron chi connectivity index (χ3n) is 4.42. The average molecular weight is 328 g/mol. The number of hydrogen-bond acceptors (Lipinski definition) is 4. The minimum Gasteiger partial charge on any atom is -0.367 e. The lowest BCUT2D eigenvalue weighted by Crippen LogP contribution is -2.23. The average Bonchev–Trinajstić information content (AvgIpc) is 2.57. The predicted molar refractivity (Wildman–Crippen MR) is 95.9 cm³/mol. The van der Waals surface area contributed by atoms with Crippen LogP contribution in [0, 0.1) is 12.7 Å². The molecule has 0 atom stereocenters. The Bertz CT molecular complexity index is 651. The van der Waals surface area contributed by atoms with Crippen LogP contribution >= 0.6 is 0 Å². The van der Waals surface area contributed by atoms with E-state index in [-0.39, 0.29) is 5.82 Å². The largest absolute Gasteiger partial charge is 0.367 e. The van der Waals surface area contributed by atoms with E-state index in [0.717, 1.165) is 30.0 Å². The second kappa shape index (κ2) is 8.08. The lowest BCUT2D eigenvalue weighted by atomic mass is 9.95. The molecule has 1 aliphatic carbocycles. The minimum absolute atomic E-state index is 0.202. The Balaban J connectivity index is 1.55. The first-order valence-corrected chi connectivity index (χ1v) is 8.79. The zero-order chi connectivity index (χ0) is 16.8. The van der Waals surface area contributed by atoms with Gasteiger partial charge in [-0.05, 0) is 43.9 Å². The van der Waals surface area contributed by atoms with Crippen molar-refractivity contribution >= 4 is 11.8 Å². The zero-order valence-corrected chi connectivity index (χ0v) is 14.2. The molecule has 2 N–H and O–H groups in total. The Morgan fingerprint density at radius 3 is 2.58 bits per heavy atom. The van der Waals surface area contributed by atoms with E-state index in [1.165, 1.54) is 44.2 Å². The molecule has 1 aromatic heterocycles. The summed E-state index contributed by atoms with van der Waals surface area (Å²) in [4.78, 5) is 9.03. The molecule has 4 nitrogen and oxygen atoms in total. The highest BCUT2D eigenvalue weighted by atomic mass is 19.1. The molecule has 1 aromatic carbocycles. The van der Waals surface area contributed by atoms with Crippen molar-refractivity contribution < 1.29 is 4.39 Å². The summed E-state index contributed by atoms with van der Waals surface area (Å²) < 4.78 is 12.9. The van der Waals surface area contributed by atoms with Crippen LogP contribution in [0.25, 0.3) is 0 Å². The topological polar surface area (TPSA) is 49.8 Å². The van der Waals surface area contributed by atoms with Gasteiger partial charge in [0.05, 0.1) is 0 Å². The summed E-state index contributed by atoms with van der Waals surface area (Å²) in [6.07, 6.45) is 7.18. The molecule has 3 rings (SSSR count). The van der Waals surface area contributed by atoms with E-state index in [9.17, 15) is 4.39 Å². The van der Waals surface area contributed by atoms with Crippen LogP contribution in [0.4, 0.5) is 16.2 Å². The number of halogens is 1. The summed E-state index contributed by atoms with van der Waals surface area (Å²) in [6.45, 7) is 2.71. The standard InChI is InChI=1S/C19H25FN4/c1-14-13-18(23-17-5-3-2-4-6-17)24-19(22-14)21-12-11-15-7-9-16(20)10-8-15/h7-10,13,17H,2-6,11-12H2,1H3,(H2,21,22,23,24). The van der Waals surface area contributed by atoms with Gasteiger partial charge in [-0.1, -0.05) is 31.4 Å². The SMILES string of the molecule is Cc1cc(NC2CCCCC2)nc(NCCc2ccc(F)cc2)n1. The molecule has 0 spiro atoms. The first-order chi connectivity index (χ1) is 11.7. The first-order valence-electron chi connectivity index (χ1n) is 8.79. The minimum atomic E-state index is -0.202. The summed E-state index contributed by atoms with van der Waals surface area (Å²) in [7, 11) is 0. The van der Waals surface area contributed by atoms with Gasteiger partial charge >= 0.3 is 0 Å². The molecule has 0 bridgehead atoms. The summed E-state index contributed by atoms with van der Waals surface area (Å²) in [5.41, 5.74) is 2.05. The molecule has 2 aromatic rings. The summed E-state index contributed by atoms with van der Waals surface area (Å²) in [6, 6.07) is 9.13. The van der Waals surface area contributed by atoms with Crippen molar-refractivity contribution in [3.05, 3.63) is 47.4 Å². The number of hydrogen-bond donors (Lipinski definition) is 2. The van der Waals surface area contributed by atoms with Gasteiger partial charge in [0.25, 0.3) is 0 Å². The third-order valence-corrected chi connectivity index (χ3v) is 4.42. The highest BCUT2D eigenvalue weighted by molar-refractivity contribution is 5.43. The van der Waals surface area contributed by atoms with Crippen LogP contribution in [0.2, 0.25) is 0 Å². The Kier molecular flexibility index (Phi) is 5.62. The Morgan fingerprint density at radius 1 is 1.08 bits per heavy atom. The van der Waals surface area contributed by atoms with Crippen molar-refractivity contribution in [3.63, 3.8) is 0 Å². The summed E-state index contributed by atoms with van der Waals surface area (Å²) in [5, 5.41) is 6.81. The summed E-state index contributed by atoms with van der Waals surface area (Å²) in [5.74, 6) is 1.35. The van der Waals surface area contributed by atoms with E-state index in [2.05, 4.69) is 20.6 Å². The van der Waals surface area contributed by atoms with E-state index >= 15 is 0 Å². The number of anilines is 2. The van der Waals surface area contributed by atoms with Crippen molar-refractivity contribution in [2.45, 2.75) is 51.5 Å². The quantitative estimate of drug-likeness (QED) is 0.829. The van der Waals surface area contributed by atoms with Gasteiger partial charge < -0.3 is 10.6 Å². The van der Waals surface area contributed by atoms with E-state index in [1.54, 1.807) is 0 Å². The molecular weight excluding hydrogens is 303 g/mol. The molecule has 0 unspecified atom stereocenters. The van der Waals surface area contributed by atoms with Crippen molar-refractivity contribution in [3.8, 4) is 0 Å². The number of rotatable bonds is 6. The van der Waals surface area contributed by atoms with Gasteiger partial charge in [0.1, 0.15) is 11.6 Å². The molecule has 5 heteroatoms. The molecule has 24 heavy (non-hydrogen) atoms. The van der Waals surface area contributed by atoms with E-state index in [4.69, 9.17) is 0 Å². The van der Waals surface area contributed by atoms with Crippen LogP contribution in [-0.2, 0) is 6.42 Å². The Labute approximate surface area is 142 Å². The number of nitrogens with zero attached hydrogens (tertiary/aromatic N) is 2. The molecule has 1 fully saturated rings. The van der Waals surface area contributed by atoms with Gasteiger partial charge in [-0.25, -0.2) is 9.37 Å². The fraction of sp³-hybridized carbons (Fsp3) is 0.474. The molecule has 0 aliphatic heterocycles. The van der Waals surface area contributed by atoms with Crippen LogP contribution in [0.1, 0.15) is 43.4 Å². The van der Waals surface area contributed by atoms with Crippen LogP contribution in [-0.4, -0.2) is 22.6 Å². The maximum Gasteiger partial charge on any atom is 0.224 e. The van der Waals surface area contributed by atoms with Crippen molar-refractivity contribution in [2.24, 2.45) is 0 Å². The van der Waals surface area contributed by atoms with Gasteiger partial charge in [0, 0.05) is 24.3 Å². The molecule has 1 saturated carbocycles. The first kappa shape index (κ1) is 16.7. The van der Waals surface area contributed by atoms with Crippen molar-refractivity contribution in [1.29, 1.82) is 0 Å². The molecule has 0 saturated heterocycles. The number of benzene rings is 1. The van der Waals surface area contributed by atoms with Crippen molar-refractivity contribution in [1.82, 2.24) is 9.97 Å². The molecule has 1 heterocycles. The van der Waals surface area contributed by atoms with Gasteiger partial charge in [0.15, 0.2) is 0 Å². The normalized spacial score (nSPS) is 15.2. The Morgan fingerprint density at radius 2 is 1.83 bits per heavy atom. The predicted octanol–water partition coefficient (Wildman–Crippen LogP) is 4.32. The second-order valence-corrected chi connectivity index (χ2v) is 6.50. The Hall–Kier alpha value is -2.17. The van der Waals surface area contributed by atoms with E-state index in [1.807, 2.05) is 25.1 Å². The lowest BCUT2D eigenvalue weighted by Gasteiger charge is -2.23. The molecule has 128 valence electrons. The third kappa shape index (κ3) is 4.91. The summed E-state index contributed by atoms with van der Waals surface area (Å²) >= 11 is 0. The second-order valence-electron chi connectivity index (χ2n) is 6.50. The van der Waals surface area contributed by atoms with Crippen LogP contribution in [0.15, 0.2) is 30.3 Å². The highest BCUT2D eigenvalue weighted by Crippen LogP contribution is 2.21. The number of nitrogens with one attached hydrogen (secondary N) is 2. The molecule has 0 radical (unpaired) electrons. The van der Waals surface area contributed by atoms with Gasteiger partial charge in [-0.2, -0.15) is 4.98 Å². The van der Waals surface area contributed by atoms with Crippen LogP contribution in [0.3, 0.4) is 0 Å². The smallest absolute Gasteiger partial charge is 0.224 e. The fourth-order valence-electron chi connectivity index (χ4n) is 3.15. The number of aromatic nitrogens is 2. The van der Waals surface area contributed by atoms with Crippen LogP contribution < -0.4 is 10.6 Å².